The third-order valence-corrected chi connectivity index (χ3v) is 5.69. The molecule has 0 fully saturated rings. The van der Waals surface area contributed by atoms with Crippen LogP contribution in [0.5, 0.6) is 0 Å². The predicted molar refractivity (Wildman–Crippen MR) is 140 cm³/mol. The van der Waals surface area contributed by atoms with Crippen molar-refractivity contribution in [3.05, 3.63) is 130 Å². The van der Waals surface area contributed by atoms with Gasteiger partial charge in [0.05, 0.1) is 21.7 Å². The second-order valence-electron chi connectivity index (χ2n) is 8.19. The van der Waals surface area contributed by atoms with Crippen LogP contribution >= 0.6 is 0 Å². The second-order valence-corrected chi connectivity index (χ2v) is 8.19. The van der Waals surface area contributed by atoms with E-state index >= 15 is 0 Å². The summed E-state index contributed by atoms with van der Waals surface area (Å²) in [4.78, 5) is 32.0. The average Bonchev–Trinajstić information content (AvgIpc) is 2.91. The molecule has 5 aromatic rings. The van der Waals surface area contributed by atoms with E-state index in [2.05, 4.69) is 32.7 Å². The molecule has 0 radical (unpaired) electrons. The summed E-state index contributed by atoms with van der Waals surface area (Å²) in [6.07, 6.45) is 3.92. The van der Waals surface area contributed by atoms with Gasteiger partial charge in [0.2, 0.25) is 0 Å². The first-order valence-corrected chi connectivity index (χ1v) is 11.3. The van der Waals surface area contributed by atoms with E-state index in [0.717, 1.165) is 12.0 Å². The Labute approximate surface area is 206 Å². The number of rotatable bonds is 7. The van der Waals surface area contributed by atoms with E-state index in [1.807, 2.05) is 42.5 Å². The monoisotopic (exact) mass is 475 g/mol. The third kappa shape index (κ3) is 5.18. The molecule has 0 saturated heterocycles. The molecule has 0 aliphatic rings. The highest BCUT2D eigenvalue weighted by atomic mass is 16.6. The van der Waals surface area contributed by atoms with E-state index in [1.165, 1.54) is 23.9 Å². The quantitative estimate of drug-likeness (QED) is 0.217. The smallest absolute Gasteiger partial charge is 0.270 e. The molecule has 1 amide bonds. The molecule has 0 bridgehead atoms. The lowest BCUT2D eigenvalue weighted by atomic mass is 10.0. The zero-order chi connectivity index (χ0) is 24.9. The van der Waals surface area contributed by atoms with Crippen LogP contribution in [0.3, 0.4) is 0 Å². The summed E-state index contributed by atoms with van der Waals surface area (Å²) in [5.41, 5.74) is 4.72. The molecule has 2 heterocycles. The van der Waals surface area contributed by atoms with Gasteiger partial charge in [-0.1, -0.05) is 42.5 Å². The van der Waals surface area contributed by atoms with E-state index in [-0.39, 0.29) is 11.6 Å². The van der Waals surface area contributed by atoms with Gasteiger partial charge in [-0.3, -0.25) is 19.9 Å². The number of nitrogens with zero attached hydrogens (tertiary/aromatic N) is 3. The molecule has 0 spiro atoms. The standard InChI is InChI=1S/C28H21N5O3/c34-28(31-22-9-6-20(7-10-22)16-19-4-2-1-3-5-19)21-8-13-27(30-18-21)32-26-14-15-29-25-12-11-23(33(35)36)17-24(25)26/h1-15,17-18H,16H2,(H,31,34)(H,29,30,32). The molecule has 0 saturated carbocycles. The number of nitrogens with one attached hydrogen (secondary N) is 2. The molecule has 5 rings (SSSR count). The minimum absolute atomic E-state index is 0.0216. The molecular weight excluding hydrogens is 454 g/mol. The van der Waals surface area contributed by atoms with Gasteiger partial charge in [-0.15, -0.1) is 0 Å². The molecule has 0 atom stereocenters. The van der Waals surface area contributed by atoms with Crippen LogP contribution in [0.4, 0.5) is 22.9 Å². The van der Waals surface area contributed by atoms with Crippen molar-refractivity contribution in [2.45, 2.75) is 6.42 Å². The zero-order valence-corrected chi connectivity index (χ0v) is 19.1. The first-order valence-electron chi connectivity index (χ1n) is 11.3. The van der Waals surface area contributed by atoms with Crippen molar-refractivity contribution >= 4 is 39.7 Å². The highest BCUT2D eigenvalue weighted by molar-refractivity contribution is 6.04. The van der Waals surface area contributed by atoms with Gasteiger partial charge in [-0.2, -0.15) is 0 Å². The summed E-state index contributed by atoms with van der Waals surface area (Å²) in [5, 5.41) is 17.8. The maximum absolute atomic E-state index is 12.7. The number of carbonyl (C=O) groups is 1. The Morgan fingerprint density at radius 3 is 2.36 bits per heavy atom. The first kappa shape index (κ1) is 22.7. The Balaban J connectivity index is 1.25. The van der Waals surface area contributed by atoms with Gasteiger partial charge in [-0.25, -0.2) is 4.98 Å². The summed E-state index contributed by atoms with van der Waals surface area (Å²) in [7, 11) is 0. The molecule has 2 aromatic heterocycles. The van der Waals surface area contributed by atoms with Crippen molar-refractivity contribution in [1.29, 1.82) is 0 Å². The van der Waals surface area contributed by atoms with Crippen LogP contribution in [0.1, 0.15) is 21.5 Å². The van der Waals surface area contributed by atoms with Gasteiger partial charge in [0, 0.05) is 35.6 Å². The Morgan fingerprint density at radius 2 is 1.64 bits per heavy atom. The first-order chi connectivity index (χ1) is 17.5. The van der Waals surface area contributed by atoms with Crippen LogP contribution in [0.2, 0.25) is 0 Å². The summed E-state index contributed by atoms with van der Waals surface area (Å²) in [5.74, 6) is 0.227. The largest absolute Gasteiger partial charge is 0.340 e. The Hall–Kier alpha value is -5.11. The van der Waals surface area contributed by atoms with Gasteiger partial charge in [0.25, 0.3) is 11.6 Å². The lowest BCUT2D eigenvalue weighted by Crippen LogP contribution is -2.12. The van der Waals surface area contributed by atoms with Crippen LogP contribution in [0, 0.1) is 10.1 Å². The van der Waals surface area contributed by atoms with Gasteiger partial charge >= 0.3 is 0 Å². The lowest BCUT2D eigenvalue weighted by Gasteiger charge is -2.10. The summed E-state index contributed by atoms with van der Waals surface area (Å²) < 4.78 is 0. The molecule has 2 N–H and O–H groups in total. The van der Waals surface area contributed by atoms with Crippen molar-refractivity contribution < 1.29 is 9.72 Å². The van der Waals surface area contributed by atoms with Crippen LogP contribution < -0.4 is 10.6 Å². The number of fused-ring (bicyclic) bond motifs is 1. The predicted octanol–water partition coefficient (Wildman–Crippen LogP) is 6.12. The molecular formula is C28H21N5O3. The number of anilines is 3. The van der Waals surface area contributed by atoms with E-state index in [9.17, 15) is 14.9 Å². The number of benzene rings is 3. The minimum Gasteiger partial charge on any atom is -0.340 e. The number of nitro benzene ring substituents is 1. The number of nitro groups is 1. The van der Waals surface area contributed by atoms with Crippen LogP contribution in [0.15, 0.2) is 103 Å². The molecule has 0 aliphatic carbocycles. The van der Waals surface area contributed by atoms with Crippen LogP contribution in [0.25, 0.3) is 10.9 Å². The van der Waals surface area contributed by atoms with Gasteiger partial charge in [-0.05, 0) is 53.9 Å². The molecule has 0 aliphatic heterocycles. The van der Waals surface area contributed by atoms with E-state index < -0.39 is 4.92 Å². The average molecular weight is 476 g/mol. The number of hydrogen-bond donors (Lipinski definition) is 2. The zero-order valence-electron chi connectivity index (χ0n) is 19.1. The Bertz CT molecular complexity index is 1540. The molecule has 36 heavy (non-hydrogen) atoms. The number of non-ortho nitro benzene ring substituents is 1. The molecule has 176 valence electrons. The van der Waals surface area contributed by atoms with Gasteiger partial charge < -0.3 is 10.6 Å². The van der Waals surface area contributed by atoms with E-state index in [0.29, 0.717) is 33.7 Å². The second kappa shape index (κ2) is 10.0. The number of pyridine rings is 2. The fourth-order valence-electron chi connectivity index (χ4n) is 3.84. The summed E-state index contributed by atoms with van der Waals surface area (Å²) in [6.45, 7) is 0. The maximum Gasteiger partial charge on any atom is 0.270 e. The highest BCUT2D eigenvalue weighted by Crippen LogP contribution is 2.28. The van der Waals surface area contributed by atoms with Crippen LogP contribution in [-0.2, 0) is 6.42 Å². The normalized spacial score (nSPS) is 10.7. The molecule has 8 nitrogen and oxygen atoms in total. The van der Waals surface area contributed by atoms with E-state index in [4.69, 9.17) is 0 Å². The molecule has 0 unspecified atom stereocenters. The fraction of sp³-hybridized carbons (Fsp3) is 0.0357. The van der Waals surface area contributed by atoms with Crippen molar-refractivity contribution in [3.63, 3.8) is 0 Å². The van der Waals surface area contributed by atoms with Crippen LogP contribution in [-0.4, -0.2) is 20.8 Å². The number of aromatic nitrogens is 2. The fourth-order valence-corrected chi connectivity index (χ4v) is 3.84. The third-order valence-electron chi connectivity index (χ3n) is 5.69. The minimum atomic E-state index is -0.446. The molecule has 8 heteroatoms. The van der Waals surface area contributed by atoms with Crippen molar-refractivity contribution in [1.82, 2.24) is 9.97 Å². The van der Waals surface area contributed by atoms with Gasteiger partial charge in [0.1, 0.15) is 5.82 Å². The molecule has 3 aromatic carbocycles. The Morgan fingerprint density at radius 1 is 0.861 bits per heavy atom. The van der Waals surface area contributed by atoms with Gasteiger partial charge in [0.15, 0.2) is 0 Å². The topological polar surface area (TPSA) is 110 Å². The van der Waals surface area contributed by atoms with Crippen molar-refractivity contribution in [2.75, 3.05) is 10.6 Å². The summed E-state index contributed by atoms with van der Waals surface area (Å²) in [6, 6.07) is 27.5. The number of carbonyl (C=O) groups excluding carboxylic acids is 1. The maximum atomic E-state index is 12.7. The Kier molecular flexibility index (Phi) is 6.31. The lowest BCUT2D eigenvalue weighted by molar-refractivity contribution is -0.384. The van der Waals surface area contributed by atoms with Crippen molar-refractivity contribution in [3.8, 4) is 0 Å². The van der Waals surface area contributed by atoms with Crippen molar-refractivity contribution in [2.24, 2.45) is 0 Å². The number of amides is 1. The number of hydrogen-bond acceptors (Lipinski definition) is 6. The SMILES string of the molecule is O=C(Nc1ccc(Cc2ccccc2)cc1)c1ccc(Nc2ccnc3ccc([N+](=O)[O-])cc23)nc1. The van der Waals surface area contributed by atoms with E-state index in [1.54, 1.807) is 30.5 Å². The summed E-state index contributed by atoms with van der Waals surface area (Å²) >= 11 is 0. The highest BCUT2D eigenvalue weighted by Gasteiger charge is 2.11.